The van der Waals surface area contributed by atoms with Crippen molar-refractivity contribution in [1.82, 2.24) is 20.3 Å². The van der Waals surface area contributed by atoms with Crippen LogP contribution in [0.15, 0.2) is 57.4 Å². The number of amides is 1. The Morgan fingerprint density at radius 2 is 2.09 bits per heavy atom. The molecule has 4 aromatic rings. The third-order valence-electron chi connectivity index (χ3n) is 4.37. The summed E-state index contributed by atoms with van der Waals surface area (Å²) in [7, 11) is 0. The maximum atomic E-state index is 12.3. The fourth-order valence-corrected chi connectivity index (χ4v) is 4.70. The lowest BCUT2D eigenvalue weighted by Crippen LogP contribution is -2.12. The molecule has 33 heavy (non-hydrogen) atoms. The molecule has 0 radical (unpaired) electrons. The van der Waals surface area contributed by atoms with Gasteiger partial charge in [0.15, 0.2) is 4.34 Å². The summed E-state index contributed by atoms with van der Waals surface area (Å²) in [6.07, 6.45) is 0.483. The molecule has 0 atom stereocenters. The van der Waals surface area contributed by atoms with Gasteiger partial charge in [-0.3, -0.25) is 4.79 Å². The Labute approximate surface area is 203 Å². The number of carbonyl (C=O) groups excluding carboxylic acids is 1. The fourth-order valence-electron chi connectivity index (χ4n) is 2.82. The van der Waals surface area contributed by atoms with E-state index in [1.807, 2.05) is 49.4 Å². The maximum absolute atomic E-state index is 12.3. The number of anilines is 1. The SMILES string of the molecule is Cc1cccc(OCCSc2nnc(NC(=O)CCc3nc(-c4ccccc4Cl)no3)s2)c1. The van der Waals surface area contributed by atoms with E-state index in [0.717, 1.165) is 21.4 Å². The average molecular weight is 502 g/mol. The first kappa shape index (κ1) is 23.2. The molecule has 2 heterocycles. The number of carbonyl (C=O) groups is 1. The highest BCUT2D eigenvalue weighted by Gasteiger charge is 2.14. The number of halogens is 1. The number of hydrogen-bond donors (Lipinski definition) is 1. The van der Waals surface area contributed by atoms with E-state index in [1.165, 1.54) is 23.1 Å². The van der Waals surface area contributed by atoms with Crippen molar-refractivity contribution in [2.75, 3.05) is 17.7 Å². The van der Waals surface area contributed by atoms with Crippen LogP contribution in [0, 0.1) is 6.92 Å². The normalized spacial score (nSPS) is 10.8. The Bertz CT molecular complexity index is 1230. The number of ether oxygens (including phenoxy) is 1. The van der Waals surface area contributed by atoms with E-state index in [0.29, 0.717) is 40.5 Å². The summed E-state index contributed by atoms with van der Waals surface area (Å²) < 4.78 is 11.7. The van der Waals surface area contributed by atoms with Crippen LogP contribution in [0.5, 0.6) is 5.75 Å². The molecule has 1 amide bonds. The monoisotopic (exact) mass is 501 g/mol. The van der Waals surface area contributed by atoms with E-state index in [4.69, 9.17) is 20.9 Å². The molecular weight excluding hydrogens is 482 g/mol. The highest BCUT2D eigenvalue weighted by Crippen LogP contribution is 2.26. The highest BCUT2D eigenvalue weighted by molar-refractivity contribution is 8.01. The molecule has 0 aliphatic heterocycles. The summed E-state index contributed by atoms with van der Waals surface area (Å²) in [6.45, 7) is 2.58. The largest absolute Gasteiger partial charge is 0.493 e. The van der Waals surface area contributed by atoms with Crippen molar-refractivity contribution in [3.05, 3.63) is 65.0 Å². The first-order valence-electron chi connectivity index (χ1n) is 10.1. The fraction of sp³-hybridized carbons (Fsp3) is 0.227. The van der Waals surface area contributed by atoms with E-state index in [9.17, 15) is 4.79 Å². The van der Waals surface area contributed by atoms with Crippen LogP contribution >= 0.6 is 34.7 Å². The first-order chi connectivity index (χ1) is 16.1. The predicted octanol–water partition coefficient (Wildman–Crippen LogP) is 5.29. The van der Waals surface area contributed by atoms with Gasteiger partial charge in [-0.2, -0.15) is 4.98 Å². The van der Waals surface area contributed by atoms with E-state index in [2.05, 4.69) is 25.7 Å². The second-order valence-corrected chi connectivity index (χ2v) is 9.65. The second-order valence-electron chi connectivity index (χ2n) is 6.93. The van der Waals surface area contributed by atoms with Crippen LogP contribution in [0.2, 0.25) is 5.02 Å². The zero-order valence-electron chi connectivity index (χ0n) is 17.7. The third-order valence-corrected chi connectivity index (χ3v) is 6.63. The van der Waals surface area contributed by atoms with Gasteiger partial charge in [0, 0.05) is 24.2 Å². The number of nitrogens with zero attached hydrogens (tertiary/aromatic N) is 4. The first-order valence-corrected chi connectivity index (χ1v) is 12.3. The van der Waals surface area contributed by atoms with Crippen LogP contribution in [0.25, 0.3) is 11.4 Å². The molecule has 0 fully saturated rings. The second kappa shape index (κ2) is 11.3. The van der Waals surface area contributed by atoms with Gasteiger partial charge in [-0.25, -0.2) is 0 Å². The molecule has 0 saturated heterocycles. The molecule has 4 rings (SSSR count). The van der Waals surface area contributed by atoms with Gasteiger partial charge in [0.2, 0.25) is 22.8 Å². The maximum Gasteiger partial charge on any atom is 0.227 e. The van der Waals surface area contributed by atoms with Crippen molar-refractivity contribution in [2.24, 2.45) is 0 Å². The summed E-state index contributed by atoms with van der Waals surface area (Å²) in [6, 6.07) is 15.2. The van der Waals surface area contributed by atoms with Gasteiger partial charge in [-0.05, 0) is 36.8 Å². The van der Waals surface area contributed by atoms with Crippen LogP contribution in [0.3, 0.4) is 0 Å². The number of rotatable bonds is 10. The van der Waals surface area contributed by atoms with E-state index >= 15 is 0 Å². The van der Waals surface area contributed by atoms with Crippen LogP contribution in [-0.4, -0.2) is 38.6 Å². The number of thioether (sulfide) groups is 1. The van der Waals surface area contributed by atoms with Crippen LogP contribution < -0.4 is 10.1 Å². The van der Waals surface area contributed by atoms with Crippen LogP contribution in [0.4, 0.5) is 5.13 Å². The third kappa shape index (κ3) is 6.77. The number of nitrogens with one attached hydrogen (secondary N) is 1. The lowest BCUT2D eigenvalue weighted by molar-refractivity contribution is -0.116. The molecule has 0 aliphatic carbocycles. The summed E-state index contributed by atoms with van der Waals surface area (Å²) in [5, 5.41) is 15.8. The Balaban J connectivity index is 1.19. The van der Waals surface area contributed by atoms with Crippen molar-refractivity contribution < 1.29 is 14.1 Å². The molecule has 0 bridgehead atoms. The van der Waals surface area contributed by atoms with Crippen molar-refractivity contribution in [2.45, 2.75) is 24.1 Å². The van der Waals surface area contributed by atoms with Crippen LogP contribution in [-0.2, 0) is 11.2 Å². The van der Waals surface area contributed by atoms with Crippen molar-refractivity contribution in [1.29, 1.82) is 0 Å². The Morgan fingerprint density at radius 3 is 2.94 bits per heavy atom. The quantitative estimate of drug-likeness (QED) is 0.177. The Morgan fingerprint density at radius 1 is 1.21 bits per heavy atom. The minimum absolute atomic E-state index is 0.177. The van der Waals surface area contributed by atoms with Crippen molar-refractivity contribution in [3.63, 3.8) is 0 Å². The smallest absolute Gasteiger partial charge is 0.227 e. The molecule has 0 unspecified atom stereocenters. The Hall–Kier alpha value is -2.95. The summed E-state index contributed by atoms with van der Waals surface area (Å²) in [5.41, 5.74) is 1.84. The molecule has 0 aliphatic rings. The van der Waals surface area contributed by atoms with Gasteiger partial charge >= 0.3 is 0 Å². The van der Waals surface area contributed by atoms with Gasteiger partial charge in [-0.1, -0.05) is 64.1 Å². The van der Waals surface area contributed by atoms with Crippen molar-refractivity contribution in [3.8, 4) is 17.1 Å². The number of aromatic nitrogens is 4. The molecule has 2 aromatic carbocycles. The number of benzene rings is 2. The van der Waals surface area contributed by atoms with Crippen molar-refractivity contribution >= 4 is 45.7 Å². The van der Waals surface area contributed by atoms with Gasteiger partial charge < -0.3 is 14.6 Å². The predicted molar refractivity (Wildman–Crippen MR) is 129 cm³/mol. The average Bonchev–Trinajstić information content (AvgIpc) is 3.45. The molecule has 11 heteroatoms. The van der Waals surface area contributed by atoms with E-state index < -0.39 is 0 Å². The van der Waals surface area contributed by atoms with Gasteiger partial charge in [0.25, 0.3) is 0 Å². The number of aryl methyl sites for hydroxylation is 2. The lowest BCUT2D eigenvalue weighted by Gasteiger charge is -2.05. The summed E-state index contributed by atoms with van der Waals surface area (Å²) in [4.78, 5) is 16.6. The minimum Gasteiger partial charge on any atom is -0.493 e. The number of hydrogen-bond acceptors (Lipinski definition) is 9. The standard InChI is InChI=1S/C22H20ClN5O3S2/c1-14-5-4-6-15(13-14)30-11-12-32-22-27-26-21(33-22)24-18(29)9-10-19-25-20(28-31-19)16-7-2-3-8-17(16)23/h2-8,13H,9-12H2,1H3,(H,24,26,29). The molecule has 0 saturated carbocycles. The minimum atomic E-state index is -0.206. The van der Waals surface area contributed by atoms with E-state index in [-0.39, 0.29) is 12.3 Å². The summed E-state index contributed by atoms with van der Waals surface area (Å²) in [5.74, 6) is 2.13. The van der Waals surface area contributed by atoms with E-state index in [1.54, 1.807) is 6.07 Å². The van der Waals surface area contributed by atoms with Gasteiger partial charge in [0.1, 0.15) is 5.75 Å². The highest BCUT2D eigenvalue weighted by atomic mass is 35.5. The molecule has 0 spiro atoms. The molecule has 2 aromatic heterocycles. The molecule has 1 N–H and O–H groups in total. The van der Waals surface area contributed by atoms with Gasteiger partial charge in [0.05, 0.1) is 11.6 Å². The zero-order chi connectivity index (χ0) is 23.0. The lowest BCUT2D eigenvalue weighted by atomic mass is 10.2. The molecule has 170 valence electrons. The van der Waals surface area contributed by atoms with Crippen LogP contribution in [0.1, 0.15) is 17.9 Å². The molecular formula is C22H20ClN5O3S2. The zero-order valence-corrected chi connectivity index (χ0v) is 20.0. The Kier molecular flexibility index (Phi) is 7.92. The molecule has 8 nitrogen and oxygen atoms in total. The van der Waals surface area contributed by atoms with Gasteiger partial charge in [-0.15, -0.1) is 10.2 Å². The summed E-state index contributed by atoms with van der Waals surface area (Å²) >= 11 is 9.01. The topological polar surface area (TPSA) is 103 Å².